The summed E-state index contributed by atoms with van der Waals surface area (Å²) >= 11 is 0. The summed E-state index contributed by atoms with van der Waals surface area (Å²) in [4.78, 5) is 25.1. The highest BCUT2D eigenvalue weighted by atomic mass is 16.1. The lowest BCUT2D eigenvalue weighted by molar-refractivity contribution is 0.102. The van der Waals surface area contributed by atoms with Crippen LogP contribution in [0.2, 0.25) is 0 Å². The minimum Gasteiger partial charge on any atom is -0.403 e. The van der Waals surface area contributed by atoms with Gasteiger partial charge in [0.1, 0.15) is 0 Å². The van der Waals surface area contributed by atoms with Gasteiger partial charge in [-0.3, -0.25) is 14.8 Å². The second-order valence-electron chi connectivity index (χ2n) is 10.1. The van der Waals surface area contributed by atoms with E-state index < -0.39 is 0 Å². The van der Waals surface area contributed by atoms with E-state index in [1.165, 1.54) is 0 Å². The first kappa shape index (κ1) is 26.0. The first-order valence-corrected chi connectivity index (χ1v) is 13.3. The maximum atomic E-state index is 12.8. The molecule has 5 rings (SSSR count). The van der Waals surface area contributed by atoms with Crippen LogP contribution in [0, 0.1) is 5.92 Å². The van der Waals surface area contributed by atoms with Gasteiger partial charge in [-0.1, -0.05) is 50.6 Å². The van der Waals surface area contributed by atoms with E-state index in [0.29, 0.717) is 17.2 Å². The molecule has 4 heterocycles. The van der Waals surface area contributed by atoms with Crippen LogP contribution in [0.5, 0.6) is 0 Å². The van der Waals surface area contributed by atoms with Crippen molar-refractivity contribution in [2.24, 2.45) is 11.7 Å². The van der Waals surface area contributed by atoms with Crippen LogP contribution < -0.4 is 16.4 Å². The zero-order valence-electron chi connectivity index (χ0n) is 22.5. The quantitative estimate of drug-likeness (QED) is 0.235. The molecule has 0 saturated carbocycles. The molecular formula is C32H34N6O. The van der Waals surface area contributed by atoms with Gasteiger partial charge in [-0.05, 0) is 48.7 Å². The lowest BCUT2D eigenvalue weighted by Gasteiger charge is -2.29. The maximum absolute atomic E-state index is 12.8. The number of aromatic nitrogens is 3. The number of hydrogen-bond donors (Lipinski definition) is 4. The van der Waals surface area contributed by atoms with Gasteiger partial charge in [-0.2, -0.15) is 0 Å². The third-order valence-electron chi connectivity index (χ3n) is 7.30. The monoisotopic (exact) mass is 518 g/mol. The Morgan fingerprint density at radius 3 is 2.69 bits per heavy atom. The van der Waals surface area contributed by atoms with Crippen LogP contribution in [-0.2, 0) is 0 Å². The van der Waals surface area contributed by atoms with Crippen molar-refractivity contribution in [3.05, 3.63) is 120 Å². The van der Waals surface area contributed by atoms with Crippen LogP contribution in [0.3, 0.4) is 0 Å². The maximum Gasteiger partial charge on any atom is 0.255 e. The molecule has 3 unspecified atom stereocenters. The smallest absolute Gasteiger partial charge is 0.255 e. The average Bonchev–Trinajstić information content (AvgIpc) is 3.40. The number of aromatic amines is 1. The van der Waals surface area contributed by atoms with Crippen LogP contribution in [0.1, 0.15) is 54.7 Å². The third-order valence-corrected chi connectivity index (χ3v) is 7.30. The van der Waals surface area contributed by atoms with Crippen molar-refractivity contribution >= 4 is 28.1 Å². The van der Waals surface area contributed by atoms with E-state index in [4.69, 9.17) is 5.73 Å². The number of nitrogens with one attached hydrogen (secondary N) is 3. The lowest BCUT2D eigenvalue weighted by Crippen LogP contribution is -2.30. The number of carbonyl (C=O) groups excluding carboxylic acids is 1. The summed E-state index contributed by atoms with van der Waals surface area (Å²) in [5.74, 6) is 0.182. The van der Waals surface area contributed by atoms with Gasteiger partial charge in [0, 0.05) is 70.1 Å². The lowest BCUT2D eigenvalue weighted by atomic mass is 9.82. The molecule has 0 radical (unpaired) electrons. The van der Waals surface area contributed by atoms with Crippen molar-refractivity contribution in [2.45, 2.75) is 39.2 Å². The Morgan fingerprint density at radius 1 is 1.13 bits per heavy atom. The van der Waals surface area contributed by atoms with Gasteiger partial charge in [0.25, 0.3) is 5.91 Å². The largest absolute Gasteiger partial charge is 0.403 e. The molecule has 1 aromatic carbocycles. The molecule has 1 amide bonds. The number of fused-ring (bicyclic) bond motifs is 1. The minimum absolute atomic E-state index is 0.0330. The predicted molar refractivity (Wildman–Crippen MR) is 158 cm³/mol. The number of benzene rings is 1. The standard InChI is InChI=1S/C32H34N6O/c1-4-20(2)26(23-13-25(19-35-17-23)37-32(39)22-8-6-5-7-9-22)15-28-27(12-21(3)36-31(28)16-33)30-14-24-18-34-11-10-29(24)38-30/h5-21,26,36,38H,4,33H2,1-3H3,(H,37,39)/b28-15-,31-16+. The van der Waals surface area contributed by atoms with Crippen LogP contribution in [0.4, 0.5) is 5.69 Å². The topological polar surface area (TPSA) is 109 Å². The number of H-pyrrole nitrogens is 1. The molecule has 0 spiro atoms. The molecule has 198 valence electrons. The van der Waals surface area contributed by atoms with Crippen LogP contribution in [0.15, 0.2) is 103 Å². The second kappa shape index (κ2) is 11.4. The van der Waals surface area contributed by atoms with E-state index in [-0.39, 0.29) is 17.9 Å². The Balaban J connectivity index is 1.55. The predicted octanol–water partition coefficient (Wildman–Crippen LogP) is 6.14. The van der Waals surface area contributed by atoms with Gasteiger partial charge < -0.3 is 21.4 Å². The molecule has 3 atom stereocenters. The molecule has 1 aliphatic heterocycles. The molecule has 5 N–H and O–H groups in total. The van der Waals surface area contributed by atoms with Crippen molar-refractivity contribution in [2.75, 3.05) is 5.32 Å². The van der Waals surface area contributed by atoms with Gasteiger partial charge >= 0.3 is 0 Å². The molecule has 7 heteroatoms. The number of nitrogens with zero attached hydrogens (tertiary/aromatic N) is 2. The summed E-state index contributed by atoms with van der Waals surface area (Å²) in [5.41, 5.74) is 13.5. The Labute approximate surface area is 229 Å². The highest BCUT2D eigenvalue weighted by Crippen LogP contribution is 2.38. The van der Waals surface area contributed by atoms with E-state index in [1.54, 1.807) is 30.7 Å². The molecule has 39 heavy (non-hydrogen) atoms. The van der Waals surface area contributed by atoms with Crippen molar-refractivity contribution in [1.29, 1.82) is 0 Å². The van der Waals surface area contributed by atoms with Gasteiger partial charge in [-0.25, -0.2) is 0 Å². The SMILES string of the molecule is CCC(C)C(/C=C1/C(c2cc3cnccc3[nH]2)=CC(C)N/C1=C/N)c1cncc(NC(=O)c2ccccc2)c1. The number of pyridine rings is 2. The van der Waals surface area contributed by atoms with Crippen molar-refractivity contribution in [3.8, 4) is 0 Å². The normalized spacial score (nSPS) is 18.9. The summed E-state index contributed by atoms with van der Waals surface area (Å²) in [6.07, 6.45) is 14.3. The van der Waals surface area contributed by atoms with E-state index in [9.17, 15) is 4.79 Å². The zero-order chi connectivity index (χ0) is 27.4. The number of hydrogen-bond acceptors (Lipinski definition) is 5. The number of nitrogens with two attached hydrogens (primary N) is 1. The van der Waals surface area contributed by atoms with Crippen molar-refractivity contribution in [1.82, 2.24) is 20.3 Å². The van der Waals surface area contributed by atoms with Crippen LogP contribution in [0.25, 0.3) is 16.5 Å². The van der Waals surface area contributed by atoms with Gasteiger partial charge in [0.2, 0.25) is 0 Å². The second-order valence-corrected chi connectivity index (χ2v) is 10.1. The Hall–Kier alpha value is -4.65. The fraction of sp³-hybridized carbons (Fsp3) is 0.219. The Kier molecular flexibility index (Phi) is 7.59. The molecule has 7 nitrogen and oxygen atoms in total. The van der Waals surface area contributed by atoms with Crippen LogP contribution in [-0.4, -0.2) is 26.9 Å². The number of carbonyl (C=O) groups is 1. The molecule has 3 aromatic heterocycles. The van der Waals surface area contributed by atoms with E-state index in [1.807, 2.05) is 42.7 Å². The summed E-state index contributed by atoms with van der Waals surface area (Å²) in [7, 11) is 0. The first-order chi connectivity index (χ1) is 19.0. The summed E-state index contributed by atoms with van der Waals surface area (Å²) in [5, 5.41) is 7.57. The Bertz CT molecular complexity index is 1530. The van der Waals surface area contributed by atoms with E-state index in [0.717, 1.165) is 45.4 Å². The van der Waals surface area contributed by atoms with E-state index in [2.05, 4.69) is 64.6 Å². The fourth-order valence-electron chi connectivity index (χ4n) is 5.04. The molecule has 1 aliphatic rings. The Morgan fingerprint density at radius 2 is 1.95 bits per heavy atom. The van der Waals surface area contributed by atoms with E-state index >= 15 is 0 Å². The highest BCUT2D eigenvalue weighted by molar-refractivity contribution is 6.04. The highest BCUT2D eigenvalue weighted by Gasteiger charge is 2.25. The van der Waals surface area contributed by atoms with Gasteiger partial charge in [-0.15, -0.1) is 0 Å². The minimum atomic E-state index is -0.162. The number of rotatable bonds is 7. The molecule has 0 fully saturated rings. The summed E-state index contributed by atoms with van der Waals surface area (Å²) < 4.78 is 0. The first-order valence-electron chi connectivity index (χ1n) is 13.3. The molecule has 4 aromatic rings. The number of amides is 1. The molecule has 0 saturated heterocycles. The number of allylic oxidation sites excluding steroid dienone is 2. The fourth-order valence-corrected chi connectivity index (χ4v) is 5.04. The third kappa shape index (κ3) is 5.62. The molecular weight excluding hydrogens is 484 g/mol. The van der Waals surface area contributed by atoms with Crippen molar-refractivity contribution in [3.63, 3.8) is 0 Å². The molecule has 0 bridgehead atoms. The summed E-state index contributed by atoms with van der Waals surface area (Å²) in [6.45, 7) is 6.53. The summed E-state index contributed by atoms with van der Waals surface area (Å²) in [6, 6.07) is 15.4. The zero-order valence-corrected chi connectivity index (χ0v) is 22.5. The molecule has 0 aliphatic carbocycles. The number of anilines is 1. The van der Waals surface area contributed by atoms with Gasteiger partial charge in [0.05, 0.1) is 17.6 Å². The van der Waals surface area contributed by atoms with Crippen LogP contribution >= 0.6 is 0 Å². The van der Waals surface area contributed by atoms with Crippen molar-refractivity contribution < 1.29 is 4.79 Å². The van der Waals surface area contributed by atoms with Gasteiger partial charge in [0.15, 0.2) is 0 Å². The average molecular weight is 519 g/mol.